The Morgan fingerprint density at radius 2 is 1.74 bits per heavy atom. The fourth-order valence-corrected chi connectivity index (χ4v) is 3.61. The van der Waals surface area contributed by atoms with E-state index in [0.29, 0.717) is 27.5 Å². The molecule has 0 unspecified atom stereocenters. The standard InChI is InChI=1S/C19H15ClO6S/c1-24-14-9-16(25-2)15-11-18(19(21)26-17(15)10-14)27(22,23)8-7-12-3-5-13(20)6-4-12/h3-11H,1-2H3/b8-7-. The van der Waals surface area contributed by atoms with E-state index in [2.05, 4.69) is 0 Å². The van der Waals surface area contributed by atoms with Crippen molar-refractivity contribution < 1.29 is 22.3 Å². The SMILES string of the molecule is COc1cc(OC)c2cc(S(=O)(=O)/C=C\c3ccc(Cl)cc3)c(=O)oc2c1. The van der Waals surface area contributed by atoms with Crippen LogP contribution in [0.4, 0.5) is 0 Å². The number of benzene rings is 2. The molecule has 0 N–H and O–H groups in total. The molecule has 0 radical (unpaired) electrons. The minimum atomic E-state index is -4.04. The van der Waals surface area contributed by atoms with Gasteiger partial charge in [0.2, 0.25) is 9.84 Å². The number of methoxy groups -OCH3 is 2. The highest BCUT2D eigenvalue weighted by atomic mass is 35.5. The molecule has 140 valence electrons. The van der Waals surface area contributed by atoms with Crippen LogP contribution in [0.5, 0.6) is 11.5 Å². The lowest BCUT2D eigenvalue weighted by Gasteiger charge is -2.08. The van der Waals surface area contributed by atoms with Gasteiger partial charge in [-0.05, 0) is 29.8 Å². The highest BCUT2D eigenvalue weighted by Crippen LogP contribution is 2.31. The Morgan fingerprint density at radius 1 is 1.04 bits per heavy atom. The highest BCUT2D eigenvalue weighted by Gasteiger charge is 2.20. The molecule has 0 atom stereocenters. The van der Waals surface area contributed by atoms with E-state index in [4.69, 9.17) is 25.5 Å². The first kappa shape index (κ1) is 19.0. The van der Waals surface area contributed by atoms with Crippen LogP contribution < -0.4 is 15.1 Å². The van der Waals surface area contributed by atoms with Crippen LogP contribution in [0, 0.1) is 0 Å². The zero-order valence-electron chi connectivity index (χ0n) is 14.4. The Kier molecular flexibility index (Phi) is 5.25. The minimum absolute atomic E-state index is 0.164. The summed E-state index contributed by atoms with van der Waals surface area (Å²) in [7, 11) is -1.16. The summed E-state index contributed by atoms with van der Waals surface area (Å²) in [4.78, 5) is 11.8. The molecule has 0 aliphatic heterocycles. The minimum Gasteiger partial charge on any atom is -0.496 e. The van der Waals surface area contributed by atoms with E-state index in [9.17, 15) is 13.2 Å². The lowest BCUT2D eigenvalue weighted by Crippen LogP contribution is -2.12. The lowest BCUT2D eigenvalue weighted by atomic mass is 10.2. The fourth-order valence-electron chi connectivity index (χ4n) is 2.44. The average Bonchev–Trinajstić information content (AvgIpc) is 2.65. The molecule has 0 saturated carbocycles. The largest absolute Gasteiger partial charge is 0.496 e. The predicted molar refractivity (Wildman–Crippen MR) is 103 cm³/mol. The fraction of sp³-hybridized carbons (Fsp3) is 0.105. The summed E-state index contributed by atoms with van der Waals surface area (Å²) in [5, 5.41) is 1.83. The number of rotatable bonds is 5. The van der Waals surface area contributed by atoms with Crippen LogP contribution in [0.1, 0.15) is 5.56 Å². The maximum Gasteiger partial charge on any atom is 0.355 e. The van der Waals surface area contributed by atoms with Crippen molar-refractivity contribution >= 4 is 38.5 Å². The summed E-state index contributed by atoms with van der Waals surface area (Å²) < 4.78 is 40.8. The molecule has 0 bridgehead atoms. The van der Waals surface area contributed by atoms with Crippen molar-refractivity contribution in [3.8, 4) is 11.5 Å². The second-order valence-electron chi connectivity index (χ2n) is 5.54. The smallest absolute Gasteiger partial charge is 0.355 e. The molecule has 1 heterocycles. The van der Waals surface area contributed by atoms with Gasteiger partial charge in [0.05, 0.1) is 19.6 Å². The third-order valence-electron chi connectivity index (χ3n) is 3.83. The third kappa shape index (κ3) is 3.99. The summed E-state index contributed by atoms with van der Waals surface area (Å²) in [5.74, 6) is 0.743. The van der Waals surface area contributed by atoms with Crippen molar-refractivity contribution in [1.29, 1.82) is 0 Å². The maximum atomic E-state index is 12.6. The van der Waals surface area contributed by atoms with Crippen molar-refractivity contribution in [2.45, 2.75) is 4.90 Å². The van der Waals surface area contributed by atoms with Crippen LogP contribution in [-0.4, -0.2) is 22.6 Å². The van der Waals surface area contributed by atoms with E-state index in [-0.39, 0.29) is 5.58 Å². The van der Waals surface area contributed by atoms with Crippen LogP contribution in [-0.2, 0) is 9.84 Å². The van der Waals surface area contributed by atoms with Crippen LogP contribution in [0.2, 0.25) is 5.02 Å². The van der Waals surface area contributed by atoms with Gasteiger partial charge in [0.25, 0.3) is 0 Å². The topological polar surface area (TPSA) is 82.8 Å². The number of sulfone groups is 1. The van der Waals surface area contributed by atoms with Gasteiger partial charge in [-0.15, -0.1) is 0 Å². The molecule has 8 heteroatoms. The number of fused-ring (bicyclic) bond motifs is 1. The van der Waals surface area contributed by atoms with Crippen molar-refractivity contribution in [1.82, 2.24) is 0 Å². The number of hydrogen-bond donors (Lipinski definition) is 0. The normalized spacial score (nSPS) is 11.8. The first-order valence-electron chi connectivity index (χ1n) is 7.72. The zero-order valence-corrected chi connectivity index (χ0v) is 16.0. The van der Waals surface area contributed by atoms with Crippen LogP contribution in [0.15, 0.2) is 62.0 Å². The molecule has 0 amide bonds. The summed E-state index contributed by atoms with van der Waals surface area (Å²) >= 11 is 5.81. The Morgan fingerprint density at radius 3 is 2.37 bits per heavy atom. The van der Waals surface area contributed by atoms with Crippen molar-refractivity contribution in [3.05, 3.63) is 68.9 Å². The molecule has 3 rings (SSSR count). The Hall–Kier alpha value is -2.77. The molecule has 6 nitrogen and oxygen atoms in total. The molecule has 27 heavy (non-hydrogen) atoms. The lowest BCUT2D eigenvalue weighted by molar-refractivity contribution is 0.395. The monoisotopic (exact) mass is 406 g/mol. The van der Waals surface area contributed by atoms with E-state index >= 15 is 0 Å². The van der Waals surface area contributed by atoms with Crippen molar-refractivity contribution in [2.75, 3.05) is 14.2 Å². The molecular formula is C19H15ClO6S. The van der Waals surface area contributed by atoms with Gasteiger partial charge in [-0.2, -0.15) is 0 Å². The molecule has 0 aliphatic carbocycles. The van der Waals surface area contributed by atoms with Crippen molar-refractivity contribution in [2.24, 2.45) is 0 Å². The van der Waals surface area contributed by atoms with Crippen LogP contribution >= 0.6 is 11.6 Å². The van der Waals surface area contributed by atoms with Gasteiger partial charge in [-0.25, -0.2) is 13.2 Å². The van der Waals surface area contributed by atoms with E-state index in [0.717, 1.165) is 5.41 Å². The van der Waals surface area contributed by atoms with Crippen molar-refractivity contribution in [3.63, 3.8) is 0 Å². The number of ether oxygens (including phenoxy) is 2. The molecule has 0 spiro atoms. The zero-order chi connectivity index (χ0) is 19.6. The quantitative estimate of drug-likeness (QED) is 0.597. The number of hydrogen-bond acceptors (Lipinski definition) is 6. The Bertz CT molecular complexity index is 1180. The summed E-state index contributed by atoms with van der Waals surface area (Å²) in [6.45, 7) is 0. The summed E-state index contributed by atoms with van der Waals surface area (Å²) in [6, 6.07) is 10.9. The molecule has 3 aromatic rings. The average molecular weight is 407 g/mol. The third-order valence-corrected chi connectivity index (χ3v) is 5.47. The van der Waals surface area contributed by atoms with Gasteiger partial charge in [0.15, 0.2) is 4.90 Å². The van der Waals surface area contributed by atoms with Gasteiger partial charge >= 0.3 is 5.63 Å². The molecule has 2 aromatic carbocycles. The van der Waals surface area contributed by atoms with Gasteiger partial charge < -0.3 is 13.9 Å². The summed E-state index contributed by atoms with van der Waals surface area (Å²) in [5.41, 5.74) is -0.189. The Labute approximate surface area is 160 Å². The molecule has 0 saturated heterocycles. The highest BCUT2D eigenvalue weighted by molar-refractivity contribution is 7.94. The number of halogens is 1. The molecule has 1 aromatic heterocycles. The van der Waals surface area contributed by atoms with E-state index in [1.807, 2.05) is 0 Å². The second kappa shape index (κ2) is 7.46. The van der Waals surface area contributed by atoms with Gasteiger partial charge in [0.1, 0.15) is 17.1 Å². The predicted octanol–water partition coefficient (Wildman–Crippen LogP) is 3.91. The molecular weight excluding hydrogens is 392 g/mol. The van der Waals surface area contributed by atoms with Gasteiger partial charge in [-0.1, -0.05) is 23.7 Å². The first-order valence-corrected chi connectivity index (χ1v) is 9.65. The maximum absolute atomic E-state index is 12.6. The second-order valence-corrected chi connectivity index (χ2v) is 7.78. The van der Waals surface area contributed by atoms with E-state index in [1.165, 1.54) is 32.4 Å². The van der Waals surface area contributed by atoms with Crippen LogP contribution in [0.3, 0.4) is 0 Å². The van der Waals surface area contributed by atoms with Gasteiger partial charge in [0, 0.05) is 22.6 Å². The van der Waals surface area contributed by atoms with E-state index in [1.54, 1.807) is 30.3 Å². The van der Waals surface area contributed by atoms with Gasteiger partial charge in [-0.3, -0.25) is 0 Å². The van der Waals surface area contributed by atoms with Crippen LogP contribution in [0.25, 0.3) is 17.0 Å². The Balaban J connectivity index is 2.10. The molecule has 0 fully saturated rings. The molecule has 0 aliphatic rings. The van der Waals surface area contributed by atoms with E-state index < -0.39 is 20.4 Å². The summed E-state index contributed by atoms with van der Waals surface area (Å²) in [6.07, 6.45) is 1.38. The first-order chi connectivity index (χ1) is 12.8.